The SMILES string of the molecule is CCc1ccccc1NC(=O)CN(C)[C@H](C)C(=O)NC(c1ccccc1)c1ccccc1. The first kappa shape index (κ1) is 23.2. The van der Waals surface area contributed by atoms with Gasteiger partial charge in [0.15, 0.2) is 0 Å². The molecule has 1 atom stereocenters. The molecule has 3 rings (SSSR count). The number of carbonyl (C=O) groups excluding carboxylic acids is 2. The molecule has 0 radical (unpaired) electrons. The molecular weight excluding hydrogens is 398 g/mol. The lowest BCUT2D eigenvalue weighted by atomic mass is 9.98. The molecule has 0 saturated carbocycles. The second-order valence-corrected chi connectivity index (χ2v) is 7.91. The molecule has 0 bridgehead atoms. The van der Waals surface area contributed by atoms with Crippen molar-refractivity contribution in [3.05, 3.63) is 102 Å². The Bertz CT molecular complexity index is 982. The van der Waals surface area contributed by atoms with Crippen LogP contribution in [0.3, 0.4) is 0 Å². The van der Waals surface area contributed by atoms with Gasteiger partial charge in [-0.05, 0) is 43.1 Å². The maximum Gasteiger partial charge on any atom is 0.238 e. The van der Waals surface area contributed by atoms with Crippen LogP contribution in [0.25, 0.3) is 0 Å². The smallest absolute Gasteiger partial charge is 0.238 e. The van der Waals surface area contributed by atoms with Crippen molar-refractivity contribution >= 4 is 17.5 Å². The zero-order valence-corrected chi connectivity index (χ0v) is 18.9. The Kier molecular flexibility index (Phi) is 8.17. The van der Waals surface area contributed by atoms with Crippen LogP contribution in [-0.2, 0) is 16.0 Å². The van der Waals surface area contributed by atoms with Gasteiger partial charge in [-0.15, -0.1) is 0 Å². The number of benzene rings is 3. The molecule has 0 fully saturated rings. The van der Waals surface area contributed by atoms with E-state index in [-0.39, 0.29) is 24.4 Å². The van der Waals surface area contributed by atoms with Crippen LogP contribution >= 0.6 is 0 Å². The summed E-state index contributed by atoms with van der Waals surface area (Å²) < 4.78 is 0. The third-order valence-electron chi connectivity index (χ3n) is 5.66. The van der Waals surface area contributed by atoms with Gasteiger partial charge in [-0.3, -0.25) is 14.5 Å². The van der Waals surface area contributed by atoms with E-state index in [0.29, 0.717) is 0 Å². The van der Waals surface area contributed by atoms with Gasteiger partial charge in [-0.25, -0.2) is 0 Å². The summed E-state index contributed by atoms with van der Waals surface area (Å²) in [5.74, 6) is -0.275. The summed E-state index contributed by atoms with van der Waals surface area (Å²) in [5.41, 5.74) is 3.92. The monoisotopic (exact) mass is 429 g/mol. The Morgan fingerprint density at radius 1 is 0.844 bits per heavy atom. The predicted octanol–water partition coefficient (Wildman–Crippen LogP) is 4.41. The van der Waals surface area contributed by atoms with Crippen LogP contribution in [0.2, 0.25) is 0 Å². The number of aryl methyl sites for hydroxylation is 1. The summed E-state index contributed by atoms with van der Waals surface area (Å²) in [7, 11) is 1.79. The zero-order valence-electron chi connectivity index (χ0n) is 18.9. The van der Waals surface area contributed by atoms with E-state index in [1.54, 1.807) is 11.9 Å². The van der Waals surface area contributed by atoms with Crippen LogP contribution in [0.15, 0.2) is 84.9 Å². The van der Waals surface area contributed by atoms with E-state index in [4.69, 9.17) is 0 Å². The number of likely N-dealkylation sites (N-methyl/N-ethyl adjacent to an activating group) is 1. The maximum atomic E-state index is 13.1. The first-order valence-corrected chi connectivity index (χ1v) is 11.0. The molecule has 166 valence electrons. The highest BCUT2D eigenvalue weighted by atomic mass is 16.2. The number of carbonyl (C=O) groups is 2. The molecule has 0 aromatic heterocycles. The number of nitrogens with zero attached hydrogens (tertiary/aromatic N) is 1. The Balaban J connectivity index is 1.66. The number of rotatable bonds is 9. The van der Waals surface area contributed by atoms with Crippen LogP contribution in [-0.4, -0.2) is 36.3 Å². The molecule has 0 aliphatic carbocycles. The summed E-state index contributed by atoms with van der Waals surface area (Å²) in [5, 5.41) is 6.13. The van der Waals surface area contributed by atoms with Crippen LogP contribution in [0.5, 0.6) is 0 Å². The average molecular weight is 430 g/mol. The van der Waals surface area contributed by atoms with Crippen molar-refractivity contribution in [3.8, 4) is 0 Å². The van der Waals surface area contributed by atoms with E-state index in [9.17, 15) is 9.59 Å². The van der Waals surface area contributed by atoms with Crippen molar-refractivity contribution in [1.82, 2.24) is 10.2 Å². The topological polar surface area (TPSA) is 61.4 Å². The van der Waals surface area contributed by atoms with Crippen molar-refractivity contribution in [3.63, 3.8) is 0 Å². The minimum absolute atomic E-state index is 0.119. The highest BCUT2D eigenvalue weighted by Crippen LogP contribution is 2.22. The van der Waals surface area contributed by atoms with E-state index in [0.717, 1.165) is 28.8 Å². The highest BCUT2D eigenvalue weighted by molar-refractivity contribution is 5.93. The Morgan fingerprint density at radius 2 is 1.38 bits per heavy atom. The van der Waals surface area contributed by atoms with Crippen LogP contribution in [0.1, 0.15) is 36.6 Å². The zero-order chi connectivity index (χ0) is 22.9. The molecule has 0 aliphatic heterocycles. The minimum Gasteiger partial charge on any atom is -0.344 e. The van der Waals surface area contributed by atoms with Gasteiger partial charge in [0.2, 0.25) is 11.8 Å². The van der Waals surface area contributed by atoms with Crippen molar-refractivity contribution in [2.75, 3.05) is 18.9 Å². The lowest BCUT2D eigenvalue weighted by Crippen LogP contribution is -2.47. The second-order valence-electron chi connectivity index (χ2n) is 7.91. The van der Waals surface area contributed by atoms with Gasteiger partial charge >= 0.3 is 0 Å². The van der Waals surface area contributed by atoms with Gasteiger partial charge in [0.05, 0.1) is 18.6 Å². The first-order chi connectivity index (χ1) is 15.5. The lowest BCUT2D eigenvalue weighted by Gasteiger charge is -2.27. The van der Waals surface area contributed by atoms with Crippen LogP contribution in [0.4, 0.5) is 5.69 Å². The molecule has 2 N–H and O–H groups in total. The molecule has 5 heteroatoms. The van der Waals surface area contributed by atoms with Gasteiger partial charge in [0.25, 0.3) is 0 Å². The van der Waals surface area contributed by atoms with E-state index < -0.39 is 6.04 Å². The predicted molar refractivity (Wildman–Crippen MR) is 129 cm³/mol. The van der Waals surface area contributed by atoms with E-state index in [1.165, 1.54) is 0 Å². The second kappa shape index (κ2) is 11.3. The molecule has 3 aromatic rings. The number of anilines is 1. The molecule has 5 nitrogen and oxygen atoms in total. The summed E-state index contributed by atoms with van der Waals surface area (Å²) in [6.07, 6.45) is 0.839. The quantitative estimate of drug-likeness (QED) is 0.530. The van der Waals surface area contributed by atoms with Crippen LogP contribution < -0.4 is 10.6 Å². The van der Waals surface area contributed by atoms with Crippen LogP contribution in [0, 0.1) is 0 Å². The molecule has 2 amide bonds. The molecule has 0 unspecified atom stereocenters. The first-order valence-electron chi connectivity index (χ1n) is 11.0. The fourth-order valence-corrected chi connectivity index (χ4v) is 3.62. The summed E-state index contributed by atoms with van der Waals surface area (Å²) in [6.45, 7) is 3.99. The molecular formula is C27H31N3O2. The minimum atomic E-state index is -0.475. The number of nitrogens with one attached hydrogen (secondary N) is 2. The molecule has 32 heavy (non-hydrogen) atoms. The van der Waals surface area contributed by atoms with E-state index in [1.807, 2.05) is 91.9 Å². The largest absolute Gasteiger partial charge is 0.344 e. The number of para-hydroxylation sites is 1. The lowest BCUT2D eigenvalue weighted by molar-refractivity contribution is -0.127. The third kappa shape index (κ3) is 6.05. The summed E-state index contributed by atoms with van der Waals surface area (Å²) in [6, 6.07) is 26.8. The third-order valence-corrected chi connectivity index (χ3v) is 5.66. The molecule has 0 spiro atoms. The molecule has 0 heterocycles. The van der Waals surface area contributed by atoms with Gasteiger partial charge in [-0.1, -0.05) is 85.8 Å². The Labute approximate surface area is 190 Å². The summed E-state index contributed by atoms with van der Waals surface area (Å²) in [4.78, 5) is 27.5. The highest BCUT2D eigenvalue weighted by Gasteiger charge is 2.24. The van der Waals surface area contributed by atoms with Crippen molar-refractivity contribution in [1.29, 1.82) is 0 Å². The van der Waals surface area contributed by atoms with Crippen molar-refractivity contribution in [2.45, 2.75) is 32.4 Å². The Morgan fingerprint density at radius 3 is 1.94 bits per heavy atom. The fraction of sp³-hybridized carbons (Fsp3) is 0.259. The maximum absolute atomic E-state index is 13.1. The van der Waals surface area contributed by atoms with Crippen molar-refractivity contribution < 1.29 is 9.59 Å². The number of hydrogen-bond acceptors (Lipinski definition) is 3. The normalized spacial score (nSPS) is 11.9. The van der Waals surface area contributed by atoms with E-state index >= 15 is 0 Å². The number of amides is 2. The van der Waals surface area contributed by atoms with E-state index in [2.05, 4.69) is 17.6 Å². The standard InChI is InChI=1S/C27H31N3O2/c1-4-21-13-11-12-18-24(21)28-25(31)19-30(3)20(2)27(32)29-26(22-14-7-5-8-15-22)23-16-9-6-10-17-23/h5-18,20,26H,4,19H2,1-3H3,(H,28,31)(H,29,32)/t20-/m1/s1. The molecule has 0 saturated heterocycles. The summed E-state index contributed by atoms with van der Waals surface area (Å²) >= 11 is 0. The van der Waals surface area contributed by atoms with Gasteiger partial charge < -0.3 is 10.6 Å². The van der Waals surface area contributed by atoms with Gasteiger partial charge in [0.1, 0.15) is 0 Å². The Hall–Kier alpha value is -3.44. The number of hydrogen-bond donors (Lipinski definition) is 2. The fourth-order valence-electron chi connectivity index (χ4n) is 3.62. The molecule has 3 aromatic carbocycles. The average Bonchev–Trinajstić information content (AvgIpc) is 2.83. The molecule has 0 aliphatic rings. The van der Waals surface area contributed by atoms with Crippen molar-refractivity contribution in [2.24, 2.45) is 0 Å². The van der Waals surface area contributed by atoms with Gasteiger partial charge in [0, 0.05) is 5.69 Å². The van der Waals surface area contributed by atoms with Gasteiger partial charge in [-0.2, -0.15) is 0 Å².